The van der Waals surface area contributed by atoms with Crippen LogP contribution in [-0.2, 0) is 9.59 Å². The lowest BCUT2D eigenvalue weighted by Crippen LogP contribution is -2.13. The molecule has 0 saturated heterocycles. The molecule has 2 N–H and O–H groups in total. The van der Waals surface area contributed by atoms with E-state index in [1.807, 2.05) is 0 Å². The largest absolute Gasteiger partial charge is 0.481 e. The number of ketones is 1. The van der Waals surface area contributed by atoms with Gasteiger partial charge in [0.25, 0.3) is 0 Å². The van der Waals surface area contributed by atoms with Gasteiger partial charge in [-0.25, -0.2) is 0 Å². The van der Waals surface area contributed by atoms with Gasteiger partial charge in [0.1, 0.15) is 6.10 Å². The molecule has 0 aromatic heterocycles. The van der Waals surface area contributed by atoms with Crippen LogP contribution >= 0.6 is 15.9 Å². The van der Waals surface area contributed by atoms with Gasteiger partial charge in [0.2, 0.25) is 0 Å². The number of rotatable bonds is 5. The topological polar surface area (TPSA) is 74.6 Å². The van der Waals surface area contributed by atoms with E-state index in [0.29, 0.717) is 5.56 Å². The van der Waals surface area contributed by atoms with Crippen molar-refractivity contribution in [1.29, 1.82) is 0 Å². The summed E-state index contributed by atoms with van der Waals surface area (Å²) < 4.78 is 0.759. The lowest BCUT2D eigenvalue weighted by molar-refractivity contribution is -0.139. The molecule has 0 saturated carbocycles. The number of carbonyl (C=O) groups excluding carboxylic acids is 1. The van der Waals surface area contributed by atoms with E-state index in [0.717, 1.165) is 4.47 Å². The number of aliphatic hydroxyl groups is 1. The monoisotopic (exact) mass is 286 g/mol. The van der Waals surface area contributed by atoms with E-state index < -0.39 is 17.9 Å². The maximum Gasteiger partial charge on any atom is 0.303 e. The van der Waals surface area contributed by atoms with Gasteiger partial charge in [-0.3, -0.25) is 9.59 Å². The Balaban J connectivity index is 2.66. The van der Waals surface area contributed by atoms with Crippen LogP contribution in [0.4, 0.5) is 0 Å². The van der Waals surface area contributed by atoms with Gasteiger partial charge in [-0.2, -0.15) is 0 Å². The first-order chi connectivity index (χ1) is 7.50. The lowest BCUT2D eigenvalue weighted by atomic mass is 10.0. The zero-order valence-corrected chi connectivity index (χ0v) is 9.98. The second kappa shape index (κ2) is 5.77. The Bertz CT molecular complexity index is 403. The summed E-state index contributed by atoms with van der Waals surface area (Å²) in [5, 5.41) is 18.1. The number of aliphatic hydroxyl groups excluding tert-OH is 1. The molecule has 1 rings (SSSR count). The van der Waals surface area contributed by atoms with Crippen molar-refractivity contribution in [1.82, 2.24) is 0 Å². The molecule has 1 aromatic carbocycles. The number of hydrogen-bond donors (Lipinski definition) is 2. The van der Waals surface area contributed by atoms with Crippen molar-refractivity contribution in [3.05, 3.63) is 34.3 Å². The molecule has 0 bridgehead atoms. The van der Waals surface area contributed by atoms with Crippen molar-refractivity contribution in [2.75, 3.05) is 0 Å². The number of halogens is 1. The zero-order chi connectivity index (χ0) is 12.1. The Morgan fingerprint density at radius 3 is 2.56 bits per heavy atom. The fraction of sp³-hybridized carbons (Fsp3) is 0.273. The third-order valence-corrected chi connectivity index (χ3v) is 2.55. The predicted molar refractivity (Wildman–Crippen MR) is 61.0 cm³/mol. The van der Waals surface area contributed by atoms with Gasteiger partial charge in [0.05, 0.1) is 6.42 Å². The Labute approximate surface area is 101 Å². The van der Waals surface area contributed by atoms with Crippen LogP contribution in [0.5, 0.6) is 0 Å². The summed E-state index contributed by atoms with van der Waals surface area (Å²) in [5.41, 5.74) is 0.463. The number of Topliss-reactive ketones (excluding diaryl/α,β-unsaturated/α-hetero) is 1. The van der Waals surface area contributed by atoms with Crippen LogP contribution in [0.15, 0.2) is 28.7 Å². The van der Waals surface area contributed by atoms with E-state index in [2.05, 4.69) is 15.9 Å². The van der Waals surface area contributed by atoms with Crippen LogP contribution in [0.2, 0.25) is 0 Å². The highest BCUT2D eigenvalue weighted by Crippen LogP contribution is 2.20. The summed E-state index contributed by atoms with van der Waals surface area (Å²) in [6.07, 6.45) is -1.68. The molecule has 1 atom stereocenters. The van der Waals surface area contributed by atoms with Gasteiger partial charge >= 0.3 is 5.97 Å². The summed E-state index contributed by atoms with van der Waals surface area (Å²) in [5.74, 6) is -1.53. The Morgan fingerprint density at radius 1 is 1.31 bits per heavy atom. The van der Waals surface area contributed by atoms with Crippen LogP contribution in [0.3, 0.4) is 0 Å². The molecule has 5 heteroatoms. The fourth-order valence-electron chi connectivity index (χ4n) is 1.23. The van der Waals surface area contributed by atoms with Crippen LogP contribution < -0.4 is 0 Å². The van der Waals surface area contributed by atoms with Crippen molar-refractivity contribution in [2.45, 2.75) is 18.9 Å². The van der Waals surface area contributed by atoms with E-state index in [9.17, 15) is 14.7 Å². The van der Waals surface area contributed by atoms with E-state index >= 15 is 0 Å². The molecule has 0 radical (unpaired) electrons. The van der Waals surface area contributed by atoms with Gasteiger partial charge in [0.15, 0.2) is 5.78 Å². The Kier molecular flexibility index (Phi) is 4.64. The highest BCUT2D eigenvalue weighted by atomic mass is 79.9. The zero-order valence-electron chi connectivity index (χ0n) is 8.39. The molecule has 0 spiro atoms. The molecule has 0 aliphatic carbocycles. The minimum Gasteiger partial charge on any atom is -0.481 e. The minimum atomic E-state index is -1.25. The third kappa shape index (κ3) is 3.75. The molecule has 0 unspecified atom stereocenters. The van der Waals surface area contributed by atoms with Gasteiger partial charge < -0.3 is 10.2 Å². The first-order valence-electron chi connectivity index (χ1n) is 4.68. The van der Waals surface area contributed by atoms with Crippen LogP contribution in [-0.4, -0.2) is 22.0 Å². The molecule has 0 heterocycles. The predicted octanol–water partition coefficient (Wildman–Crippen LogP) is 1.92. The summed E-state index contributed by atoms with van der Waals surface area (Å²) in [6, 6.07) is 6.72. The summed E-state index contributed by atoms with van der Waals surface area (Å²) in [7, 11) is 0. The maximum absolute atomic E-state index is 11.4. The second-order valence-corrected chi connectivity index (χ2v) is 4.23. The number of carboxylic acids is 1. The highest BCUT2D eigenvalue weighted by molar-refractivity contribution is 9.10. The molecule has 16 heavy (non-hydrogen) atoms. The smallest absolute Gasteiger partial charge is 0.303 e. The van der Waals surface area contributed by atoms with Crippen molar-refractivity contribution in [2.24, 2.45) is 0 Å². The number of benzene rings is 1. The van der Waals surface area contributed by atoms with Gasteiger partial charge in [0, 0.05) is 10.9 Å². The van der Waals surface area contributed by atoms with Crippen LogP contribution in [0.25, 0.3) is 0 Å². The molecular formula is C11H11BrO4. The molecular weight excluding hydrogens is 276 g/mol. The van der Waals surface area contributed by atoms with E-state index in [1.165, 1.54) is 0 Å². The molecule has 0 aliphatic rings. The molecule has 1 aromatic rings. The van der Waals surface area contributed by atoms with Crippen molar-refractivity contribution < 1.29 is 19.8 Å². The minimum absolute atomic E-state index is 0.164. The number of carbonyl (C=O) groups is 2. The van der Waals surface area contributed by atoms with Crippen LogP contribution in [0.1, 0.15) is 24.5 Å². The average Bonchev–Trinajstić information content (AvgIpc) is 2.24. The highest BCUT2D eigenvalue weighted by Gasteiger charge is 2.18. The maximum atomic E-state index is 11.4. The number of aliphatic carboxylic acids is 1. The quantitative estimate of drug-likeness (QED) is 0.867. The van der Waals surface area contributed by atoms with Gasteiger partial charge in [-0.15, -0.1) is 0 Å². The van der Waals surface area contributed by atoms with E-state index in [4.69, 9.17) is 5.11 Å². The molecule has 0 amide bonds. The third-order valence-electron chi connectivity index (χ3n) is 2.05. The standard InChI is InChI=1S/C11H11BrO4/c12-8-3-1-2-7(6-8)11(16)9(13)4-5-10(14)15/h1-3,6,11,16H,4-5H2,(H,14,15)/t11-/m1/s1. The first kappa shape index (κ1) is 12.9. The summed E-state index contributed by atoms with van der Waals surface area (Å²) in [4.78, 5) is 21.7. The van der Waals surface area contributed by atoms with Crippen molar-refractivity contribution >= 4 is 27.7 Å². The normalized spacial score (nSPS) is 12.1. The summed E-state index contributed by atoms with van der Waals surface area (Å²) >= 11 is 3.23. The first-order valence-corrected chi connectivity index (χ1v) is 5.48. The average molecular weight is 287 g/mol. The number of hydrogen-bond acceptors (Lipinski definition) is 3. The SMILES string of the molecule is O=C(O)CCC(=O)[C@H](O)c1cccc(Br)c1. The van der Waals surface area contributed by atoms with E-state index in [1.54, 1.807) is 24.3 Å². The van der Waals surface area contributed by atoms with Gasteiger partial charge in [-0.05, 0) is 17.7 Å². The van der Waals surface area contributed by atoms with Crippen molar-refractivity contribution in [3.63, 3.8) is 0 Å². The Morgan fingerprint density at radius 2 is 2.00 bits per heavy atom. The molecule has 86 valence electrons. The van der Waals surface area contributed by atoms with Gasteiger partial charge in [-0.1, -0.05) is 28.1 Å². The molecule has 0 aliphatic heterocycles. The molecule has 4 nitrogen and oxygen atoms in total. The summed E-state index contributed by atoms with van der Waals surface area (Å²) in [6.45, 7) is 0. The molecule has 0 fully saturated rings. The van der Waals surface area contributed by atoms with Crippen LogP contribution in [0, 0.1) is 0 Å². The van der Waals surface area contributed by atoms with Crippen molar-refractivity contribution in [3.8, 4) is 0 Å². The number of carboxylic acid groups (broad SMARTS) is 1. The fourth-order valence-corrected chi connectivity index (χ4v) is 1.65. The Hall–Kier alpha value is -1.20. The second-order valence-electron chi connectivity index (χ2n) is 3.32. The lowest BCUT2D eigenvalue weighted by Gasteiger charge is -2.09. The van der Waals surface area contributed by atoms with E-state index in [-0.39, 0.29) is 12.8 Å².